The Balaban J connectivity index is 3.06. The summed E-state index contributed by atoms with van der Waals surface area (Å²) in [4.78, 5) is 3.85. The van der Waals surface area contributed by atoms with Crippen LogP contribution in [0.3, 0.4) is 0 Å². The van der Waals surface area contributed by atoms with Crippen molar-refractivity contribution >= 4 is 11.6 Å². The summed E-state index contributed by atoms with van der Waals surface area (Å²) in [6, 6.07) is 2.81. The molecule has 1 unspecified atom stereocenters. The highest BCUT2D eigenvalue weighted by Crippen LogP contribution is 2.38. The minimum atomic E-state index is -4.42. The van der Waals surface area contributed by atoms with Gasteiger partial charge in [0.25, 0.3) is 0 Å². The zero-order valence-corrected chi connectivity index (χ0v) is 8.23. The van der Waals surface area contributed by atoms with E-state index in [-0.39, 0.29) is 5.56 Å². The third-order valence-corrected chi connectivity index (χ3v) is 2.30. The van der Waals surface area contributed by atoms with Gasteiger partial charge in [-0.25, -0.2) is 0 Å². The van der Waals surface area contributed by atoms with Gasteiger partial charge in [-0.3, -0.25) is 4.98 Å². The zero-order valence-electron chi connectivity index (χ0n) is 7.48. The standard InChI is InChI=1S/C9H9ClF3N/c1-2-7-6(4-3-5-14-7)8(10)9(11,12)13/h3-5,8H,2H2,1H3. The molecule has 0 N–H and O–H groups in total. The molecule has 1 atom stereocenters. The minimum absolute atomic E-state index is 0.0455. The van der Waals surface area contributed by atoms with Crippen LogP contribution in [0.2, 0.25) is 0 Å². The summed E-state index contributed by atoms with van der Waals surface area (Å²) in [7, 11) is 0. The molecule has 0 amide bonds. The lowest BCUT2D eigenvalue weighted by Crippen LogP contribution is -2.17. The first kappa shape index (κ1) is 11.3. The van der Waals surface area contributed by atoms with Crippen LogP contribution in [0.15, 0.2) is 18.3 Å². The number of nitrogens with zero attached hydrogens (tertiary/aromatic N) is 1. The van der Waals surface area contributed by atoms with Crippen molar-refractivity contribution in [1.82, 2.24) is 4.98 Å². The number of alkyl halides is 4. The first-order valence-corrected chi connectivity index (χ1v) is 4.55. The predicted molar refractivity (Wildman–Crippen MR) is 48.3 cm³/mol. The molecule has 1 rings (SSSR count). The fraction of sp³-hybridized carbons (Fsp3) is 0.444. The molecule has 78 valence electrons. The fourth-order valence-corrected chi connectivity index (χ4v) is 1.35. The highest BCUT2D eigenvalue weighted by molar-refractivity contribution is 6.21. The van der Waals surface area contributed by atoms with Gasteiger partial charge in [0, 0.05) is 17.5 Å². The number of rotatable bonds is 2. The monoisotopic (exact) mass is 223 g/mol. The van der Waals surface area contributed by atoms with Crippen molar-refractivity contribution < 1.29 is 13.2 Å². The summed E-state index contributed by atoms with van der Waals surface area (Å²) in [6.07, 6.45) is -2.52. The fourth-order valence-electron chi connectivity index (χ4n) is 1.15. The summed E-state index contributed by atoms with van der Waals surface area (Å²) >= 11 is 5.30. The topological polar surface area (TPSA) is 12.9 Å². The number of aromatic nitrogens is 1. The molecular formula is C9H9ClF3N. The van der Waals surface area contributed by atoms with Gasteiger partial charge in [0.1, 0.15) is 0 Å². The van der Waals surface area contributed by atoms with E-state index in [2.05, 4.69) is 4.98 Å². The number of pyridine rings is 1. The van der Waals surface area contributed by atoms with Crippen molar-refractivity contribution in [2.45, 2.75) is 24.9 Å². The average molecular weight is 224 g/mol. The van der Waals surface area contributed by atoms with E-state index in [4.69, 9.17) is 11.6 Å². The molecule has 5 heteroatoms. The van der Waals surface area contributed by atoms with E-state index in [1.165, 1.54) is 18.3 Å². The Morgan fingerprint density at radius 3 is 2.64 bits per heavy atom. The molecule has 0 saturated carbocycles. The Morgan fingerprint density at radius 2 is 2.14 bits per heavy atom. The Labute approximate surface area is 84.9 Å². The first-order valence-electron chi connectivity index (χ1n) is 4.11. The van der Waals surface area contributed by atoms with E-state index in [0.717, 1.165) is 0 Å². The van der Waals surface area contributed by atoms with Crippen LogP contribution in [0.1, 0.15) is 23.6 Å². The van der Waals surface area contributed by atoms with Crippen molar-refractivity contribution in [3.63, 3.8) is 0 Å². The van der Waals surface area contributed by atoms with Crippen molar-refractivity contribution in [2.75, 3.05) is 0 Å². The Morgan fingerprint density at radius 1 is 1.50 bits per heavy atom. The maximum atomic E-state index is 12.3. The summed E-state index contributed by atoms with van der Waals surface area (Å²) in [5.74, 6) is 0. The molecule has 0 radical (unpaired) electrons. The molecule has 1 aromatic rings. The Bertz CT molecular complexity index is 311. The number of halogens is 4. The lowest BCUT2D eigenvalue weighted by atomic mass is 10.1. The molecule has 0 aliphatic heterocycles. The SMILES string of the molecule is CCc1ncccc1C(Cl)C(F)(F)F. The Hall–Kier alpha value is -0.770. The summed E-state index contributed by atoms with van der Waals surface area (Å²) in [5.41, 5.74) is 0.439. The smallest absolute Gasteiger partial charge is 0.261 e. The van der Waals surface area contributed by atoms with Crippen LogP contribution in [-0.2, 0) is 6.42 Å². The molecule has 1 nitrogen and oxygen atoms in total. The van der Waals surface area contributed by atoms with Gasteiger partial charge in [0.15, 0.2) is 5.38 Å². The second-order valence-corrected chi connectivity index (χ2v) is 3.23. The highest BCUT2D eigenvalue weighted by Gasteiger charge is 2.40. The van der Waals surface area contributed by atoms with E-state index in [9.17, 15) is 13.2 Å². The van der Waals surface area contributed by atoms with Crippen LogP contribution in [-0.4, -0.2) is 11.2 Å². The lowest BCUT2D eigenvalue weighted by molar-refractivity contribution is -0.131. The van der Waals surface area contributed by atoms with Gasteiger partial charge in [-0.05, 0) is 12.5 Å². The quantitative estimate of drug-likeness (QED) is 0.700. The van der Waals surface area contributed by atoms with E-state index >= 15 is 0 Å². The van der Waals surface area contributed by atoms with Crippen molar-refractivity contribution in [1.29, 1.82) is 0 Å². The van der Waals surface area contributed by atoms with Gasteiger partial charge < -0.3 is 0 Å². The van der Waals surface area contributed by atoms with E-state index in [1.807, 2.05) is 0 Å². The van der Waals surface area contributed by atoms with Gasteiger partial charge in [-0.2, -0.15) is 13.2 Å². The highest BCUT2D eigenvalue weighted by atomic mass is 35.5. The molecule has 0 saturated heterocycles. The van der Waals surface area contributed by atoms with Crippen LogP contribution in [0.4, 0.5) is 13.2 Å². The molecule has 0 bridgehead atoms. The predicted octanol–water partition coefficient (Wildman–Crippen LogP) is 3.49. The molecule has 0 spiro atoms. The van der Waals surface area contributed by atoms with Gasteiger partial charge in [0.2, 0.25) is 0 Å². The van der Waals surface area contributed by atoms with Gasteiger partial charge >= 0.3 is 6.18 Å². The van der Waals surface area contributed by atoms with E-state index < -0.39 is 11.6 Å². The van der Waals surface area contributed by atoms with Crippen molar-refractivity contribution in [3.05, 3.63) is 29.6 Å². The van der Waals surface area contributed by atoms with Gasteiger partial charge in [-0.1, -0.05) is 13.0 Å². The maximum absolute atomic E-state index is 12.3. The van der Waals surface area contributed by atoms with Gasteiger partial charge in [0.05, 0.1) is 0 Å². The molecular weight excluding hydrogens is 215 g/mol. The molecule has 0 aromatic carbocycles. The third-order valence-electron chi connectivity index (χ3n) is 1.82. The maximum Gasteiger partial charge on any atom is 0.409 e. The van der Waals surface area contributed by atoms with Crippen LogP contribution >= 0.6 is 11.6 Å². The second-order valence-electron chi connectivity index (χ2n) is 2.80. The van der Waals surface area contributed by atoms with Crippen LogP contribution in [0.5, 0.6) is 0 Å². The molecule has 0 aliphatic carbocycles. The third kappa shape index (κ3) is 2.38. The summed E-state index contributed by atoms with van der Waals surface area (Å²) in [5, 5.41) is -1.97. The van der Waals surface area contributed by atoms with Crippen LogP contribution in [0.25, 0.3) is 0 Å². The normalized spacial score (nSPS) is 14.1. The largest absolute Gasteiger partial charge is 0.409 e. The van der Waals surface area contributed by atoms with Crippen LogP contribution < -0.4 is 0 Å². The molecule has 0 fully saturated rings. The summed E-state index contributed by atoms with van der Waals surface area (Å²) < 4.78 is 36.9. The van der Waals surface area contributed by atoms with E-state index in [1.54, 1.807) is 6.92 Å². The molecule has 0 aliphatic rings. The number of aryl methyl sites for hydroxylation is 1. The number of hydrogen-bond donors (Lipinski definition) is 0. The molecule has 1 heterocycles. The Kier molecular flexibility index (Phi) is 3.37. The zero-order chi connectivity index (χ0) is 10.8. The second kappa shape index (κ2) is 4.17. The van der Waals surface area contributed by atoms with Crippen LogP contribution in [0, 0.1) is 0 Å². The average Bonchev–Trinajstić information content (AvgIpc) is 2.15. The van der Waals surface area contributed by atoms with Crippen molar-refractivity contribution in [2.24, 2.45) is 0 Å². The summed E-state index contributed by atoms with van der Waals surface area (Å²) in [6.45, 7) is 1.74. The number of hydrogen-bond acceptors (Lipinski definition) is 1. The van der Waals surface area contributed by atoms with Crippen molar-refractivity contribution in [3.8, 4) is 0 Å². The molecule has 14 heavy (non-hydrogen) atoms. The van der Waals surface area contributed by atoms with Gasteiger partial charge in [-0.15, -0.1) is 11.6 Å². The minimum Gasteiger partial charge on any atom is -0.261 e. The van der Waals surface area contributed by atoms with E-state index in [0.29, 0.717) is 12.1 Å². The molecule has 1 aromatic heterocycles. The lowest BCUT2D eigenvalue weighted by Gasteiger charge is -2.15. The first-order chi connectivity index (χ1) is 6.46.